The molecule has 3 N–H and O–H groups in total. The summed E-state index contributed by atoms with van der Waals surface area (Å²) < 4.78 is 0. The van der Waals surface area contributed by atoms with Crippen LogP contribution in [0.2, 0.25) is 5.02 Å². The van der Waals surface area contributed by atoms with Gasteiger partial charge in [-0.3, -0.25) is 14.9 Å². The molecule has 0 spiro atoms. The van der Waals surface area contributed by atoms with E-state index in [-0.39, 0.29) is 16.5 Å². The van der Waals surface area contributed by atoms with Crippen LogP contribution in [0.5, 0.6) is 0 Å². The molecule has 0 saturated carbocycles. The number of carbonyl (C=O) groups excluding carboxylic acids is 1. The lowest BCUT2D eigenvalue weighted by molar-refractivity contribution is -0.384. The Morgan fingerprint density at radius 1 is 1.68 bits per heavy atom. The highest BCUT2D eigenvalue weighted by Gasteiger charge is 2.32. The Kier molecular flexibility index (Phi) is 3.82. The number of nitrogens with zero attached hydrogens (tertiary/aromatic N) is 3. The Hall–Kier alpha value is -1.93. The molecule has 1 aliphatic rings. The number of nitrogens with one attached hydrogen (secondary N) is 1. The first-order valence-electron chi connectivity index (χ1n) is 5.57. The maximum absolute atomic E-state index is 11.4. The smallest absolute Gasteiger partial charge is 0.313 e. The summed E-state index contributed by atoms with van der Waals surface area (Å²) in [6.07, 6.45) is 1.31. The summed E-state index contributed by atoms with van der Waals surface area (Å²) in [4.78, 5) is 27.4. The Morgan fingerprint density at radius 2 is 2.42 bits per heavy atom. The quantitative estimate of drug-likeness (QED) is 0.592. The van der Waals surface area contributed by atoms with Gasteiger partial charge in [0, 0.05) is 31.9 Å². The van der Waals surface area contributed by atoms with Crippen LogP contribution in [0.25, 0.3) is 0 Å². The molecule has 2 rings (SSSR count). The summed E-state index contributed by atoms with van der Waals surface area (Å²) in [7, 11) is 0. The van der Waals surface area contributed by atoms with Crippen molar-refractivity contribution in [2.24, 2.45) is 5.73 Å². The molecule has 9 heteroatoms. The molecule has 0 aromatic carbocycles. The van der Waals surface area contributed by atoms with Gasteiger partial charge in [-0.05, 0) is 0 Å². The molecule has 0 bridgehead atoms. The van der Waals surface area contributed by atoms with Crippen LogP contribution >= 0.6 is 11.6 Å². The van der Waals surface area contributed by atoms with Crippen LogP contribution in [0, 0.1) is 10.1 Å². The summed E-state index contributed by atoms with van der Waals surface area (Å²) in [5.41, 5.74) is 5.07. The number of carbonyl (C=O) groups is 1. The average Bonchev–Trinajstić information content (AvgIpc) is 2.38. The lowest BCUT2D eigenvalue weighted by Crippen LogP contribution is -2.57. The van der Waals surface area contributed by atoms with Crippen molar-refractivity contribution in [1.29, 1.82) is 0 Å². The Balaban J connectivity index is 2.44. The summed E-state index contributed by atoms with van der Waals surface area (Å²) >= 11 is 5.71. The van der Waals surface area contributed by atoms with Gasteiger partial charge in [0.15, 0.2) is 0 Å². The number of rotatable bonds is 3. The number of piperazine rings is 1. The normalized spacial score (nSPS) is 19.2. The first kappa shape index (κ1) is 13.5. The van der Waals surface area contributed by atoms with Gasteiger partial charge in [0.1, 0.15) is 6.04 Å². The zero-order valence-corrected chi connectivity index (χ0v) is 10.6. The summed E-state index contributed by atoms with van der Waals surface area (Å²) in [5, 5.41) is 14.2. The number of primary amides is 1. The number of anilines is 1. The predicted octanol–water partition coefficient (Wildman–Crippen LogP) is -0.0933. The third-order valence-electron chi connectivity index (χ3n) is 2.85. The highest BCUT2D eigenvalue weighted by molar-refractivity contribution is 6.30. The second kappa shape index (κ2) is 5.37. The molecule has 0 aliphatic carbocycles. The second-order valence-corrected chi connectivity index (χ2v) is 4.51. The van der Waals surface area contributed by atoms with E-state index in [4.69, 9.17) is 17.3 Å². The molecule has 19 heavy (non-hydrogen) atoms. The molecule has 1 aliphatic heterocycles. The van der Waals surface area contributed by atoms with Crippen molar-refractivity contribution in [3.05, 3.63) is 27.4 Å². The first-order chi connectivity index (χ1) is 9.00. The van der Waals surface area contributed by atoms with E-state index in [9.17, 15) is 14.9 Å². The Bertz CT molecular complexity index is 524. The Morgan fingerprint density at radius 3 is 3.05 bits per heavy atom. The van der Waals surface area contributed by atoms with E-state index < -0.39 is 16.9 Å². The second-order valence-electron chi connectivity index (χ2n) is 4.07. The van der Waals surface area contributed by atoms with Gasteiger partial charge < -0.3 is 16.0 Å². The number of hydrogen-bond donors (Lipinski definition) is 2. The van der Waals surface area contributed by atoms with Gasteiger partial charge in [0.2, 0.25) is 11.7 Å². The van der Waals surface area contributed by atoms with Gasteiger partial charge in [-0.2, -0.15) is 0 Å². The number of nitro groups is 1. The summed E-state index contributed by atoms with van der Waals surface area (Å²) in [6, 6.07) is 0.547. The van der Waals surface area contributed by atoms with Crippen molar-refractivity contribution in [1.82, 2.24) is 10.3 Å². The first-order valence-corrected chi connectivity index (χ1v) is 5.95. The molecule has 1 aromatic heterocycles. The molecular weight excluding hydrogens is 274 g/mol. The number of aromatic nitrogens is 1. The third kappa shape index (κ3) is 2.74. The van der Waals surface area contributed by atoms with Crippen molar-refractivity contribution in [2.75, 3.05) is 24.5 Å². The van der Waals surface area contributed by atoms with Crippen molar-refractivity contribution in [3.8, 4) is 0 Å². The fourth-order valence-electron chi connectivity index (χ4n) is 1.99. The van der Waals surface area contributed by atoms with Crippen LogP contribution in [-0.2, 0) is 4.79 Å². The van der Waals surface area contributed by atoms with Gasteiger partial charge in [0.05, 0.1) is 9.95 Å². The van der Waals surface area contributed by atoms with E-state index in [1.54, 1.807) is 0 Å². The van der Waals surface area contributed by atoms with Crippen LogP contribution in [0.4, 0.5) is 11.5 Å². The number of amides is 1. The highest BCUT2D eigenvalue weighted by Crippen LogP contribution is 2.29. The van der Waals surface area contributed by atoms with Crippen LogP contribution in [0.1, 0.15) is 0 Å². The molecule has 0 radical (unpaired) electrons. The van der Waals surface area contributed by atoms with Crippen molar-refractivity contribution < 1.29 is 9.72 Å². The zero-order chi connectivity index (χ0) is 14.0. The zero-order valence-electron chi connectivity index (χ0n) is 9.88. The standard InChI is InChI=1S/C10H12ClN5O3/c11-6-3-7(16(18)19)10(14-4-6)15-2-1-13-5-8(15)9(12)17/h3-4,8,13H,1-2,5H2,(H2,12,17). The van der Waals surface area contributed by atoms with Crippen LogP contribution in [0.15, 0.2) is 12.3 Å². The van der Waals surface area contributed by atoms with E-state index >= 15 is 0 Å². The van der Waals surface area contributed by atoms with E-state index in [0.29, 0.717) is 19.6 Å². The largest absolute Gasteiger partial charge is 0.368 e. The fourth-order valence-corrected chi connectivity index (χ4v) is 2.14. The van der Waals surface area contributed by atoms with Gasteiger partial charge in [-0.15, -0.1) is 0 Å². The average molecular weight is 286 g/mol. The molecule has 102 valence electrons. The van der Waals surface area contributed by atoms with Gasteiger partial charge >= 0.3 is 5.69 Å². The van der Waals surface area contributed by atoms with Crippen molar-refractivity contribution in [3.63, 3.8) is 0 Å². The van der Waals surface area contributed by atoms with Crippen LogP contribution < -0.4 is 16.0 Å². The Labute approximate surface area is 113 Å². The molecule has 1 fully saturated rings. The minimum absolute atomic E-state index is 0.111. The van der Waals surface area contributed by atoms with Crippen LogP contribution in [0.3, 0.4) is 0 Å². The molecule has 1 aromatic rings. The van der Waals surface area contributed by atoms with Gasteiger partial charge in [0.25, 0.3) is 0 Å². The summed E-state index contributed by atoms with van der Waals surface area (Å²) in [5.74, 6) is -0.446. The molecule has 1 unspecified atom stereocenters. The molecule has 2 heterocycles. The number of halogens is 1. The predicted molar refractivity (Wildman–Crippen MR) is 69.1 cm³/mol. The maximum Gasteiger partial charge on any atom is 0.313 e. The summed E-state index contributed by atoms with van der Waals surface area (Å²) in [6.45, 7) is 1.32. The molecule has 1 atom stereocenters. The van der Waals surface area contributed by atoms with Crippen molar-refractivity contribution >= 4 is 29.0 Å². The lowest BCUT2D eigenvalue weighted by atomic mass is 10.1. The van der Waals surface area contributed by atoms with E-state index in [1.165, 1.54) is 17.2 Å². The number of pyridine rings is 1. The topological polar surface area (TPSA) is 114 Å². The molecule has 8 nitrogen and oxygen atoms in total. The van der Waals surface area contributed by atoms with E-state index in [2.05, 4.69) is 10.3 Å². The molecular formula is C10H12ClN5O3. The SMILES string of the molecule is NC(=O)C1CNCCN1c1ncc(Cl)cc1[N+](=O)[O-]. The minimum atomic E-state index is -0.666. The van der Waals surface area contributed by atoms with E-state index in [0.717, 1.165) is 0 Å². The minimum Gasteiger partial charge on any atom is -0.368 e. The number of nitrogens with two attached hydrogens (primary N) is 1. The molecule has 1 amide bonds. The van der Waals surface area contributed by atoms with E-state index in [1.807, 2.05) is 0 Å². The van der Waals surface area contributed by atoms with Gasteiger partial charge in [-0.25, -0.2) is 4.98 Å². The monoisotopic (exact) mass is 285 g/mol. The van der Waals surface area contributed by atoms with Gasteiger partial charge in [-0.1, -0.05) is 11.6 Å². The maximum atomic E-state index is 11.4. The molecule has 1 saturated heterocycles. The van der Waals surface area contributed by atoms with Crippen molar-refractivity contribution in [2.45, 2.75) is 6.04 Å². The third-order valence-corrected chi connectivity index (χ3v) is 3.06. The highest BCUT2D eigenvalue weighted by atomic mass is 35.5. The lowest BCUT2D eigenvalue weighted by Gasteiger charge is -2.34. The van der Waals surface area contributed by atoms with Crippen LogP contribution in [-0.4, -0.2) is 41.5 Å². The fraction of sp³-hybridized carbons (Fsp3) is 0.400. The number of hydrogen-bond acceptors (Lipinski definition) is 6.